The standard InChI is InChI=1S/C19H21F3N2O3S/c1-14-8-3-6-11-17(14)24(28(2,26)27)13-7-12-18(25)23-16-10-5-4-9-15(16)19(20,21)22/h3-6,8-11H,7,12-13H2,1-2H3,(H,23,25). The third-order valence-corrected chi connectivity index (χ3v) is 5.24. The Morgan fingerprint density at radius 3 is 2.29 bits per heavy atom. The number of carbonyl (C=O) groups is 1. The van der Waals surface area contributed by atoms with Gasteiger partial charge in [0, 0.05) is 13.0 Å². The fourth-order valence-corrected chi connectivity index (χ4v) is 3.77. The fourth-order valence-electron chi connectivity index (χ4n) is 2.74. The first-order chi connectivity index (χ1) is 13.0. The largest absolute Gasteiger partial charge is 0.418 e. The summed E-state index contributed by atoms with van der Waals surface area (Å²) in [7, 11) is -3.57. The van der Waals surface area contributed by atoms with Gasteiger partial charge >= 0.3 is 6.18 Å². The van der Waals surface area contributed by atoms with Crippen molar-refractivity contribution in [3.05, 3.63) is 59.7 Å². The topological polar surface area (TPSA) is 66.5 Å². The van der Waals surface area contributed by atoms with Crippen LogP contribution >= 0.6 is 0 Å². The van der Waals surface area contributed by atoms with E-state index in [4.69, 9.17) is 0 Å². The molecule has 0 atom stereocenters. The SMILES string of the molecule is Cc1ccccc1N(CCCC(=O)Nc1ccccc1C(F)(F)F)S(C)(=O)=O. The second kappa shape index (κ2) is 8.64. The van der Waals surface area contributed by atoms with Crippen LogP contribution in [0.15, 0.2) is 48.5 Å². The Hall–Kier alpha value is -2.55. The number of nitrogens with one attached hydrogen (secondary N) is 1. The van der Waals surface area contributed by atoms with Crippen molar-refractivity contribution in [1.82, 2.24) is 0 Å². The monoisotopic (exact) mass is 414 g/mol. The number of aryl methyl sites for hydroxylation is 1. The van der Waals surface area contributed by atoms with Crippen LogP contribution in [0.25, 0.3) is 0 Å². The molecule has 1 amide bonds. The molecule has 0 aromatic heterocycles. The number of anilines is 2. The van der Waals surface area contributed by atoms with Gasteiger partial charge in [-0.2, -0.15) is 13.2 Å². The molecule has 2 aromatic carbocycles. The molecule has 9 heteroatoms. The molecule has 0 unspecified atom stereocenters. The summed E-state index contributed by atoms with van der Waals surface area (Å²) in [6, 6.07) is 11.6. The van der Waals surface area contributed by atoms with Gasteiger partial charge in [-0.25, -0.2) is 8.42 Å². The Morgan fingerprint density at radius 2 is 1.68 bits per heavy atom. The van der Waals surface area contributed by atoms with Gasteiger partial charge in [-0.3, -0.25) is 9.10 Å². The third kappa shape index (κ3) is 5.72. The maximum Gasteiger partial charge on any atom is 0.418 e. The molecular formula is C19H21F3N2O3S. The van der Waals surface area contributed by atoms with E-state index in [0.717, 1.165) is 17.9 Å². The van der Waals surface area contributed by atoms with Gasteiger partial charge in [0.05, 0.1) is 23.2 Å². The van der Waals surface area contributed by atoms with Crippen molar-refractivity contribution in [1.29, 1.82) is 0 Å². The summed E-state index contributed by atoms with van der Waals surface area (Å²) in [5.41, 5.74) is 0.0178. The van der Waals surface area contributed by atoms with Crippen LogP contribution in [0.3, 0.4) is 0 Å². The van der Waals surface area contributed by atoms with Crippen LogP contribution < -0.4 is 9.62 Å². The van der Waals surface area contributed by atoms with Crippen molar-refractivity contribution in [3.63, 3.8) is 0 Å². The second-order valence-corrected chi connectivity index (χ2v) is 8.22. The molecule has 28 heavy (non-hydrogen) atoms. The van der Waals surface area contributed by atoms with Gasteiger partial charge < -0.3 is 5.32 Å². The van der Waals surface area contributed by atoms with Gasteiger partial charge in [-0.1, -0.05) is 30.3 Å². The Bertz CT molecular complexity index is 943. The molecule has 0 bridgehead atoms. The summed E-state index contributed by atoms with van der Waals surface area (Å²) in [4.78, 5) is 12.1. The number of benzene rings is 2. The van der Waals surface area contributed by atoms with E-state index < -0.39 is 27.7 Å². The quantitative estimate of drug-likeness (QED) is 0.739. The van der Waals surface area contributed by atoms with Crippen LogP contribution in [0.4, 0.5) is 24.5 Å². The van der Waals surface area contributed by atoms with Crippen molar-refractivity contribution in [3.8, 4) is 0 Å². The maximum absolute atomic E-state index is 13.0. The van der Waals surface area contributed by atoms with Crippen LogP contribution in [0.1, 0.15) is 24.0 Å². The summed E-state index contributed by atoms with van der Waals surface area (Å²) < 4.78 is 64.4. The number of rotatable bonds is 7. The minimum absolute atomic E-state index is 0.0397. The van der Waals surface area contributed by atoms with E-state index in [9.17, 15) is 26.4 Å². The van der Waals surface area contributed by atoms with Crippen molar-refractivity contribution < 1.29 is 26.4 Å². The van der Waals surface area contributed by atoms with E-state index in [1.54, 1.807) is 31.2 Å². The summed E-state index contributed by atoms with van der Waals surface area (Å²) in [5, 5.41) is 2.25. The number of hydrogen-bond acceptors (Lipinski definition) is 3. The highest BCUT2D eigenvalue weighted by atomic mass is 32.2. The number of amides is 1. The zero-order chi connectivity index (χ0) is 20.9. The van der Waals surface area contributed by atoms with Gasteiger partial charge in [0.2, 0.25) is 15.9 Å². The third-order valence-electron chi connectivity index (χ3n) is 4.06. The second-order valence-electron chi connectivity index (χ2n) is 6.32. The number of para-hydroxylation sites is 2. The van der Waals surface area contributed by atoms with Crippen LogP contribution in [0.5, 0.6) is 0 Å². The lowest BCUT2D eigenvalue weighted by Gasteiger charge is -2.24. The number of hydrogen-bond donors (Lipinski definition) is 1. The van der Waals surface area contributed by atoms with Crippen molar-refractivity contribution in [2.75, 3.05) is 22.4 Å². The molecule has 0 heterocycles. The molecule has 0 saturated heterocycles. The van der Waals surface area contributed by atoms with Crippen LogP contribution in [0, 0.1) is 6.92 Å². The first-order valence-corrected chi connectivity index (χ1v) is 10.3. The number of sulfonamides is 1. The van der Waals surface area contributed by atoms with Gasteiger partial charge in [-0.05, 0) is 37.1 Å². The Labute approximate surface area is 162 Å². The molecule has 1 N–H and O–H groups in total. The molecule has 0 saturated carbocycles. The molecule has 0 fully saturated rings. The van der Waals surface area contributed by atoms with E-state index in [2.05, 4.69) is 5.32 Å². The van der Waals surface area contributed by atoms with Gasteiger partial charge in [0.15, 0.2) is 0 Å². The lowest BCUT2D eigenvalue weighted by atomic mass is 10.1. The highest BCUT2D eigenvalue weighted by Gasteiger charge is 2.33. The summed E-state index contributed by atoms with van der Waals surface area (Å²) in [5.74, 6) is -0.616. The van der Waals surface area contributed by atoms with Crippen LogP contribution in [0.2, 0.25) is 0 Å². The zero-order valence-electron chi connectivity index (χ0n) is 15.5. The highest BCUT2D eigenvalue weighted by molar-refractivity contribution is 7.92. The van der Waals surface area contributed by atoms with E-state index in [1.807, 2.05) is 0 Å². The number of nitrogens with zero attached hydrogens (tertiary/aromatic N) is 1. The zero-order valence-corrected chi connectivity index (χ0v) is 16.3. The molecule has 0 radical (unpaired) electrons. The van der Waals surface area contributed by atoms with Gasteiger partial charge in [0.25, 0.3) is 0 Å². The minimum Gasteiger partial charge on any atom is -0.326 e. The van der Waals surface area contributed by atoms with Crippen LogP contribution in [-0.4, -0.2) is 27.1 Å². The fraction of sp³-hybridized carbons (Fsp3) is 0.316. The maximum atomic E-state index is 13.0. The number of alkyl halides is 3. The Balaban J connectivity index is 2.04. The predicted molar refractivity (Wildman–Crippen MR) is 103 cm³/mol. The number of halogens is 3. The first kappa shape index (κ1) is 21.7. The Morgan fingerprint density at radius 1 is 1.07 bits per heavy atom. The van der Waals surface area contributed by atoms with E-state index >= 15 is 0 Å². The molecule has 5 nitrogen and oxygen atoms in total. The van der Waals surface area contributed by atoms with Crippen molar-refractivity contribution >= 4 is 27.3 Å². The number of carbonyl (C=O) groups excluding carboxylic acids is 1. The minimum atomic E-state index is -4.58. The smallest absolute Gasteiger partial charge is 0.326 e. The lowest BCUT2D eigenvalue weighted by molar-refractivity contribution is -0.137. The van der Waals surface area contributed by atoms with E-state index in [1.165, 1.54) is 22.5 Å². The van der Waals surface area contributed by atoms with E-state index in [0.29, 0.717) is 5.69 Å². The molecule has 2 aromatic rings. The molecular weight excluding hydrogens is 393 g/mol. The average molecular weight is 414 g/mol. The lowest BCUT2D eigenvalue weighted by Crippen LogP contribution is -2.32. The normalized spacial score (nSPS) is 11.9. The predicted octanol–water partition coefficient (Wildman–Crippen LogP) is 4.20. The molecule has 0 aliphatic heterocycles. The van der Waals surface area contributed by atoms with Crippen molar-refractivity contribution in [2.24, 2.45) is 0 Å². The van der Waals surface area contributed by atoms with E-state index in [-0.39, 0.29) is 25.1 Å². The molecule has 0 spiro atoms. The average Bonchev–Trinajstić information content (AvgIpc) is 2.58. The van der Waals surface area contributed by atoms with Crippen LogP contribution in [-0.2, 0) is 21.0 Å². The van der Waals surface area contributed by atoms with Crippen molar-refractivity contribution in [2.45, 2.75) is 25.9 Å². The van der Waals surface area contributed by atoms with Gasteiger partial charge in [-0.15, -0.1) is 0 Å². The summed E-state index contributed by atoms with van der Waals surface area (Å²) in [6.07, 6.45) is -3.48. The first-order valence-electron chi connectivity index (χ1n) is 8.49. The molecule has 0 aliphatic rings. The summed E-state index contributed by atoms with van der Waals surface area (Å²) in [6.45, 7) is 1.81. The molecule has 2 rings (SSSR count). The molecule has 0 aliphatic carbocycles. The van der Waals surface area contributed by atoms with Gasteiger partial charge in [0.1, 0.15) is 0 Å². The molecule has 152 valence electrons. The Kier molecular flexibility index (Phi) is 6.71. The summed E-state index contributed by atoms with van der Waals surface area (Å²) >= 11 is 0. The highest BCUT2D eigenvalue weighted by Crippen LogP contribution is 2.34.